The number of nitrogens with two attached hydrogens (primary N) is 1. The van der Waals surface area contributed by atoms with Crippen LogP contribution < -0.4 is 5.73 Å². The Morgan fingerprint density at radius 2 is 2.19 bits per heavy atom. The second kappa shape index (κ2) is 3.65. The number of aromatic nitrogens is 1. The number of nitrogen functional groups attached to an aromatic ring is 1. The van der Waals surface area contributed by atoms with Crippen molar-refractivity contribution in [3.8, 4) is 11.3 Å². The van der Waals surface area contributed by atoms with Crippen molar-refractivity contribution < 1.29 is 9.45 Å². The second-order valence-electron chi connectivity index (χ2n) is 3.37. The maximum absolute atomic E-state index is 10.7. The Kier molecular flexibility index (Phi) is 2.32. The predicted octanol–water partition coefficient (Wildman–Crippen LogP) is 2.14. The van der Waals surface area contributed by atoms with E-state index in [2.05, 4.69) is 5.16 Å². The third-order valence-corrected chi connectivity index (χ3v) is 2.23. The van der Waals surface area contributed by atoms with Crippen molar-refractivity contribution >= 4 is 11.6 Å². The molecule has 0 spiro atoms. The van der Waals surface area contributed by atoms with Gasteiger partial charge in [-0.2, -0.15) is 0 Å². The van der Waals surface area contributed by atoms with E-state index in [0.717, 1.165) is 0 Å². The highest BCUT2D eigenvalue weighted by Gasteiger charge is 2.13. The summed E-state index contributed by atoms with van der Waals surface area (Å²) in [6.07, 6.45) is 0. The summed E-state index contributed by atoms with van der Waals surface area (Å²) in [6, 6.07) is 6.37. The Labute approximate surface area is 90.8 Å². The summed E-state index contributed by atoms with van der Waals surface area (Å²) in [6.45, 7) is 1.68. The van der Waals surface area contributed by atoms with Crippen LogP contribution >= 0.6 is 0 Å². The molecule has 2 rings (SSSR count). The standard InChI is InChI=1S/C10H9N3O3/c1-6-2-3-7(4-9(6)13(14)15)8-5-10(11)16-12-8/h2-5H,11H2,1H3. The number of anilines is 1. The highest BCUT2D eigenvalue weighted by molar-refractivity contribution is 5.65. The number of aryl methyl sites for hydroxylation is 1. The molecule has 1 aromatic carbocycles. The van der Waals surface area contributed by atoms with Crippen LogP contribution in [0.15, 0.2) is 28.8 Å². The van der Waals surface area contributed by atoms with Gasteiger partial charge < -0.3 is 10.3 Å². The summed E-state index contributed by atoms with van der Waals surface area (Å²) in [5.74, 6) is 0.179. The van der Waals surface area contributed by atoms with Crippen molar-refractivity contribution in [1.82, 2.24) is 5.16 Å². The lowest BCUT2D eigenvalue weighted by molar-refractivity contribution is -0.385. The fourth-order valence-electron chi connectivity index (χ4n) is 1.39. The van der Waals surface area contributed by atoms with Gasteiger partial charge in [0.05, 0.1) is 4.92 Å². The fraction of sp³-hybridized carbons (Fsp3) is 0.100. The van der Waals surface area contributed by atoms with Crippen LogP contribution in [0.4, 0.5) is 11.6 Å². The average molecular weight is 219 g/mol. The maximum atomic E-state index is 10.7. The summed E-state index contributed by atoms with van der Waals surface area (Å²) in [5.41, 5.74) is 7.13. The van der Waals surface area contributed by atoms with Crippen molar-refractivity contribution in [2.45, 2.75) is 6.92 Å². The van der Waals surface area contributed by atoms with Gasteiger partial charge in [-0.05, 0) is 6.92 Å². The topological polar surface area (TPSA) is 95.2 Å². The van der Waals surface area contributed by atoms with Crippen molar-refractivity contribution in [1.29, 1.82) is 0 Å². The van der Waals surface area contributed by atoms with Gasteiger partial charge in [0.1, 0.15) is 5.69 Å². The van der Waals surface area contributed by atoms with Crippen molar-refractivity contribution in [2.75, 3.05) is 5.73 Å². The molecule has 6 nitrogen and oxygen atoms in total. The zero-order valence-electron chi connectivity index (χ0n) is 8.51. The first-order valence-corrected chi connectivity index (χ1v) is 4.55. The van der Waals surface area contributed by atoms with Gasteiger partial charge >= 0.3 is 0 Å². The number of benzene rings is 1. The van der Waals surface area contributed by atoms with Crippen LogP contribution in [-0.2, 0) is 0 Å². The summed E-state index contributed by atoms with van der Waals surface area (Å²) in [5, 5.41) is 14.4. The number of nitro groups is 1. The van der Waals surface area contributed by atoms with Crippen molar-refractivity contribution in [3.63, 3.8) is 0 Å². The summed E-state index contributed by atoms with van der Waals surface area (Å²) < 4.78 is 4.71. The monoisotopic (exact) mass is 219 g/mol. The predicted molar refractivity (Wildman–Crippen MR) is 57.7 cm³/mol. The smallest absolute Gasteiger partial charge is 0.272 e. The van der Waals surface area contributed by atoms with Crippen LogP contribution in [0.5, 0.6) is 0 Å². The largest absolute Gasteiger partial charge is 0.368 e. The molecule has 0 aliphatic carbocycles. The highest BCUT2D eigenvalue weighted by Crippen LogP contribution is 2.26. The zero-order chi connectivity index (χ0) is 11.7. The second-order valence-corrected chi connectivity index (χ2v) is 3.37. The van der Waals surface area contributed by atoms with E-state index in [4.69, 9.17) is 10.3 Å². The molecule has 0 saturated carbocycles. The molecule has 1 heterocycles. The van der Waals surface area contributed by atoms with Gasteiger partial charge in [0, 0.05) is 23.3 Å². The minimum absolute atomic E-state index is 0.0547. The molecule has 0 unspecified atom stereocenters. The molecular formula is C10H9N3O3. The number of nitrogens with zero attached hydrogens (tertiary/aromatic N) is 2. The van der Waals surface area contributed by atoms with Crippen LogP contribution in [-0.4, -0.2) is 10.1 Å². The molecule has 0 fully saturated rings. The van der Waals surface area contributed by atoms with E-state index in [1.807, 2.05) is 0 Å². The summed E-state index contributed by atoms with van der Waals surface area (Å²) >= 11 is 0. The molecule has 1 aromatic heterocycles. The Morgan fingerprint density at radius 1 is 1.44 bits per heavy atom. The third kappa shape index (κ3) is 1.72. The van der Waals surface area contributed by atoms with Crippen LogP contribution in [0, 0.1) is 17.0 Å². The van der Waals surface area contributed by atoms with E-state index in [9.17, 15) is 10.1 Å². The molecule has 2 N–H and O–H groups in total. The van der Waals surface area contributed by atoms with Crippen molar-refractivity contribution in [3.05, 3.63) is 39.9 Å². The maximum Gasteiger partial charge on any atom is 0.272 e. The molecule has 16 heavy (non-hydrogen) atoms. The minimum atomic E-state index is -0.428. The Hall–Kier alpha value is -2.37. The molecule has 82 valence electrons. The first-order chi connectivity index (χ1) is 7.58. The lowest BCUT2D eigenvalue weighted by Gasteiger charge is -1.99. The summed E-state index contributed by atoms with van der Waals surface area (Å²) in [4.78, 5) is 10.3. The molecule has 0 aliphatic rings. The highest BCUT2D eigenvalue weighted by atomic mass is 16.6. The van der Waals surface area contributed by atoms with E-state index >= 15 is 0 Å². The van der Waals surface area contributed by atoms with Crippen LogP contribution in [0.25, 0.3) is 11.3 Å². The zero-order valence-corrected chi connectivity index (χ0v) is 8.51. The van der Waals surface area contributed by atoms with E-state index in [-0.39, 0.29) is 11.6 Å². The van der Waals surface area contributed by atoms with Gasteiger partial charge in [-0.1, -0.05) is 17.3 Å². The van der Waals surface area contributed by atoms with Crippen molar-refractivity contribution in [2.24, 2.45) is 0 Å². The van der Waals surface area contributed by atoms with Crippen LogP contribution in [0.2, 0.25) is 0 Å². The average Bonchev–Trinajstić information content (AvgIpc) is 2.65. The lowest BCUT2D eigenvalue weighted by Crippen LogP contribution is -1.92. The molecule has 2 aromatic rings. The van der Waals surface area contributed by atoms with Gasteiger partial charge in [0.15, 0.2) is 0 Å². The van der Waals surface area contributed by atoms with Gasteiger partial charge in [0.25, 0.3) is 5.69 Å². The molecule has 0 aliphatic heterocycles. The van der Waals surface area contributed by atoms with Crippen LogP contribution in [0.1, 0.15) is 5.56 Å². The molecule has 6 heteroatoms. The molecule has 0 amide bonds. The molecule has 0 saturated heterocycles. The number of hydrogen-bond donors (Lipinski definition) is 1. The lowest BCUT2D eigenvalue weighted by atomic mass is 10.1. The first kappa shape index (κ1) is 10.2. The molecule has 0 radical (unpaired) electrons. The van der Waals surface area contributed by atoms with Gasteiger partial charge in [-0.15, -0.1) is 0 Å². The van der Waals surface area contributed by atoms with Gasteiger partial charge in [-0.3, -0.25) is 10.1 Å². The van der Waals surface area contributed by atoms with Gasteiger partial charge in [0.2, 0.25) is 5.88 Å². The van der Waals surface area contributed by atoms with Crippen LogP contribution in [0.3, 0.4) is 0 Å². The molecular weight excluding hydrogens is 210 g/mol. The van der Waals surface area contributed by atoms with E-state index < -0.39 is 4.92 Å². The first-order valence-electron chi connectivity index (χ1n) is 4.55. The van der Waals surface area contributed by atoms with Gasteiger partial charge in [-0.25, -0.2) is 0 Å². The van der Waals surface area contributed by atoms with E-state index in [1.165, 1.54) is 12.1 Å². The quantitative estimate of drug-likeness (QED) is 0.616. The third-order valence-electron chi connectivity index (χ3n) is 2.23. The Balaban J connectivity index is 2.51. The van der Waals surface area contributed by atoms with E-state index in [1.54, 1.807) is 19.1 Å². The fourth-order valence-corrected chi connectivity index (χ4v) is 1.39. The SMILES string of the molecule is Cc1ccc(-c2cc(N)on2)cc1[N+](=O)[O-]. The molecule has 0 atom stereocenters. The molecule has 0 bridgehead atoms. The number of rotatable bonds is 2. The number of nitro benzene ring substituents is 1. The summed E-state index contributed by atoms with van der Waals surface area (Å²) in [7, 11) is 0. The normalized spacial score (nSPS) is 10.3. The number of hydrogen-bond acceptors (Lipinski definition) is 5. The Morgan fingerprint density at radius 3 is 2.75 bits per heavy atom. The Bertz CT molecular complexity index is 548. The van der Waals surface area contributed by atoms with E-state index in [0.29, 0.717) is 16.8 Å². The minimum Gasteiger partial charge on any atom is -0.368 e.